The van der Waals surface area contributed by atoms with Crippen molar-refractivity contribution in [2.75, 3.05) is 5.73 Å². The lowest BCUT2D eigenvalue weighted by molar-refractivity contribution is -0.707. The molecule has 1 aromatic rings. The van der Waals surface area contributed by atoms with Crippen LogP contribution in [0.1, 0.15) is 31.5 Å². The van der Waals surface area contributed by atoms with Crippen molar-refractivity contribution in [1.29, 1.82) is 0 Å². The lowest BCUT2D eigenvalue weighted by atomic mass is 10.1. The summed E-state index contributed by atoms with van der Waals surface area (Å²) in [4.78, 5) is 3.12. The maximum atomic E-state index is 5.68. The molecule has 0 amide bonds. The van der Waals surface area contributed by atoms with E-state index in [9.17, 15) is 0 Å². The van der Waals surface area contributed by atoms with E-state index in [2.05, 4.69) is 16.5 Å². The Bertz CT molecular complexity index is 284. The summed E-state index contributed by atoms with van der Waals surface area (Å²) >= 11 is 0. The molecule has 2 rings (SSSR count). The Morgan fingerprint density at radius 2 is 2.23 bits per heavy atom. The molecule has 1 aliphatic carbocycles. The summed E-state index contributed by atoms with van der Waals surface area (Å²) in [5.41, 5.74) is 5.68. The van der Waals surface area contributed by atoms with Gasteiger partial charge in [0.15, 0.2) is 6.20 Å². The zero-order valence-electron chi connectivity index (χ0n) is 8.21. The summed E-state index contributed by atoms with van der Waals surface area (Å²) in [5, 5.41) is 0. The van der Waals surface area contributed by atoms with Crippen molar-refractivity contribution in [2.24, 2.45) is 5.92 Å². The smallest absolute Gasteiger partial charge is 0.252 e. The van der Waals surface area contributed by atoms with E-state index < -0.39 is 0 Å². The van der Waals surface area contributed by atoms with Gasteiger partial charge in [-0.2, -0.15) is 0 Å². The van der Waals surface area contributed by atoms with E-state index in [1.165, 1.54) is 31.5 Å². The molecule has 0 radical (unpaired) electrons. The minimum absolute atomic E-state index is 0.774. The largest absolute Gasteiger partial charge is 0.363 e. The van der Waals surface area contributed by atoms with Gasteiger partial charge in [-0.25, -0.2) is 9.55 Å². The topological polar surface area (TPSA) is 45.7 Å². The molecule has 0 unspecified atom stereocenters. The number of rotatable bonds is 2. The molecule has 13 heavy (non-hydrogen) atoms. The third kappa shape index (κ3) is 1.85. The number of anilines is 1. The number of nitrogens with one attached hydrogen (secondary N) is 1. The average molecular weight is 180 g/mol. The Hall–Kier alpha value is -0.990. The van der Waals surface area contributed by atoms with Crippen LogP contribution in [-0.2, 0) is 6.54 Å². The van der Waals surface area contributed by atoms with Crippen LogP contribution in [0.5, 0.6) is 0 Å². The van der Waals surface area contributed by atoms with Crippen molar-refractivity contribution in [2.45, 2.75) is 39.2 Å². The molecule has 3 N–H and O–H groups in total. The molecule has 0 spiro atoms. The monoisotopic (exact) mass is 180 g/mol. The van der Waals surface area contributed by atoms with Gasteiger partial charge in [0.25, 0.3) is 5.82 Å². The summed E-state index contributed by atoms with van der Waals surface area (Å²) in [6.45, 7) is 3.21. The second-order valence-electron chi connectivity index (χ2n) is 4.10. The number of nitrogen functional groups attached to an aromatic ring is 1. The highest BCUT2D eigenvalue weighted by Gasteiger charge is 2.19. The van der Waals surface area contributed by atoms with Gasteiger partial charge in [-0.1, -0.05) is 12.8 Å². The summed E-state index contributed by atoms with van der Waals surface area (Å²) in [6.07, 6.45) is 7.59. The van der Waals surface area contributed by atoms with Gasteiger partial charge in [0.2, 0.25) is 5.82 Å². The van der Waals surface area contributed by atoms with Crippen LogP contribution in [0.15, 0.2) is 6.20 Å². The molecule has 0 aliphatic heterocycles. The van der Waals surface area contributed by atoms with Gasteiger partial charge < -0.3 is 5.73 Å². The van der Waals surface area contributed by atoms with Crippen LogP contribution in [0.3, 0.4) is 0 Å². The quantitative estimate of drug-likeness (QED) is 0.664. The molecule has 1 heterocycles. The van der Waals surface area contributed by atoms with Crippen molar-refractivity contribution in [3.8, 4) is 0 Å². The van der Waals surface area contributed by atoms with E-state index in [0.717, 1.165) is 18.3 Å². The molecule has 1 aromatic heterocycles. The minimum Gasteiger partial charge on any atom is -0.363 e. The van der Waals surface area contributed by atoms with Gasteiger partial charge >= 0.3 is 0 Å². The van der Waals surface area contributed by atoms with Crippen LogP contribution in [0.4, 0.5) is 5.82 Å². The molecule has 3 heteroatoms. The highest BCUT2D eigenvalue weighted by atomic mass is 15.1. The van der Waals surface area contributed by atoms with Crippen LogP contribution in [0, 0.1) is 12.8 Å². The number of imidazole rings is 1. The molecule has 72 valence electrons. The lowest BCUT2D eigenvalue weighted by Gasteiger charge is -2.05. The molecule has 0 bridgehead atoms. The molecule has 0 saturated heterocycles. The van der Waals surface area contributed by atoms with E-state index in [1.54, 1.807) is 0 Å². The second kappa shape index (κ2) is 3.40. The summed E-state index contributed by atoms with van der Waals surface area (Å²) in [7, 11) is 0. The van der Waals surface area contributed by atoms with Gasteiger partial charge in [0.1, 0.15) is 0 Å². The number of aromatic amines is 1. The Labute approximate surface area is 79.0 Å². The van der Waals surface area contributed by atoms with E-state index in [1.807, 2.05) is 6.20 Å². The highest BCUT2D eigenvalue weighted by molar-refractivity contribution is 5.20. The number of H-pyrrole nitrogens is 1. The van der Waals surface area contributed by atoms with Crippen LogP contribution in [0.25, 0.3) is 0 Å². The maximum Gasteiger partial charge on any atom is 0.252 e. The van der Waals surface area contributed by atoms with Crippen LogP contribution < -0.4 is 10.3 Å². The van der Waals surface area contributed by atoms with Crippen molar-refractivity contribution < 1.29 is 4.57 Å². The first-order valence-electron chi connectivity index (χ1n) is 5.10. The fourth-order valence-electron chi connectivity index (χ4n) is 2.24. The third-order valence-corrected chi connectivity index (χ3v) is 2.98. The maximum absolute atomic E-state index is 5.68. The number of nitrogens with zero attached hydrogens (tertiary/aromatic N) is 1. The van der Waals surface area contributed by atoms with Crippen molar-refractivity contribution in [3.05, 3.63) is 12.0 Å². The first kappa shape index (κ1) is 8.60. The predicted molar refractivity (Wildman–Crippen MR) is 52.1 cm³/mol. The lowest BCUT2D eigenvalue weighted by Crippen LogP contribution is -2.37. The summed E-state index contributed by atoms with van der Waals surface area (Å²) < 4.78 is 2.24. The molecule has 1 fully saturated rings. The minimum atomic E-state index is 0.774. The number of nitrogens with two attached hydrogens (primary N) is 1. The Kier molecular flexibility index (Phi) is 2.25. The average Bonchev–Trinajstić information content (AvgIpc) is 2.63. The molecule has 0 atom stereocenters. The molecular formula is C10H18N3+. The second-order valence-corrected chi connectivity index (χ2v) is 4.10. The Balaban J connectivity index is 2.03. The van der Waals surface area contributed by atoms with Crippen molar-refractivity contribution in [1.82, 2.24) is 4.98 Å². The summed E-state index contributed by atoms with van der Waals surface area (Å²) in [6, 6.07) is 0. The highest BCUT2D eigenvalue weighted by Crippen LogP contribution is 2.24. The molecule has 1 saturated carbocycles. The summed E-state index contributed by atoms with van der Waals surface area (Å²) in [5.74, 6) is 2.82. The fourth-order valence-corrected chi connectivity index (χ4v) is 2.24. The van der Waals surface area contributed by atoms with E-state index in [4.69, 9.17) is 5.73 Å². The van der Waals surface area contributed by atoms with Crippen LogP contribution >= 0.6 is 0 Å². The van der Waals surface area contributed by atoms with E-state index >= 15 is 0 Å². The number of hydrogen-bond acceptors (Lipinski definition) is 1. The van der Waals surface area contributed by atoms with Crippen LogP contribution in [-0.4, -0.2) is 4.98 Å². The first-order valence-corrected chi connectivity index (χ1v) is 5.10. The predicted octanol–water partition coefficient (Wildman–Crippen LogP) is 1.38. The van der Waals surface area contributed by atoms with E-state index in [-0.39, 0.29) is 0 Å². The number of aromatic nitrogens is 2. The molecule has 0 aromatic carbocycles. The normalized spacial score (nSPS) is 18.2. The number of hydrogen-bond donors (Lipinski definition) is 2. The molecular weight excluding hydrogens is 162 g/mol. The zero-order chi connectivity index (χ0) is 9.26. The SMILES string of the molecule is Cc1[nH]c(N)c[n+]1CC1CCCC1. The zero-order valence-corrected chi connectivity index (χ0v) is 8.21. The standard InChI is InChI=1S/C10H17N3/c1-8-12-10(11)7-13(8)6-9-4-2-3-5-9/h7,9H,2-6,11H2,1H3/p+1. The van der Waals surface area contributed by atoms with Gasteiger partial charge in [-0.3, -0.25) is 0 Å². The first-order chi connectivity index (χ1) is 6.25. The Morgan fingerprint density at radius 1 is 1.54 bits per heavy atom. The van der Waals surface area contributed by atoms with Gasteiger partial charge in [-0.15, -0.1) is 0 Å². The van der Waals surface area contributed by atoms with Crippen LogP contribution in [0.2, 0.25) is 0 Å². The Morgan fingerprint density at radius 3 is 2.77 bits per heavy atom. The third-order valence-electron chi connectivity index (χ3n) is 2.98. The van der Waals surface area contributed by atoms with E-state index in [0.29, 0.717) is 0 Å². The fraction of sp³-hybridized carbons (Fsp3) is 0.700. The van der Waals surface area contributed by atoms with Gasteiger partial charge in [0.05, 0.1) is 6.54 Å². The van der Waals surface area contributed by atoms with Crippen molar-refractivity contribution in [3.63, 3.8) is 0 Å². The van der Waals surface area contributed by atoms with Gasteiger partial charge in [0, 0.05) is 6.92 Å². The molecule has 3 nitrogen and oxygen atoms in total. The molecule has 1 aliphatic rings. The number of aryl methyl sites for hydroxylation is 1. The van der Waals surface area contributed by atoms with Crippen molar-refractivity contribution >= 4 is 5.82 Å². The van der Waals surface area contributed by atoms with Gasteiger partial charge in [-0.05, 0) is 18.8 Å².